The minimum Gasteiger partial charge on any atom is -0.486 e. The maximum absolute atomic E-state index is 12.8. The number of rotatable bonds is 7. The molecule has 0 saturated carbocycles. The van der Waals surface area contributed by atoms with E-state index in [0.29, 0.717) is 22.9 Å². The van der Waals surface area contributed by atoms with Gasteiger partial charge < -0.3 is 10.5 Å². The van der Waals surface area contributed by atoms with Gasteiger partial charge in [-0.15, -0.1) is 0 Å². The number of amides is 1. The zero-order chi connectivity index (χ0) is 21.9. The van der Waals surface area contributed by atoms with Gasteiger partial charge in [0.1, 0.15) is 11.9 Å². The number of benzene rings is 2. The molecule has 1 aromatic heterocycles. The second kappa shape index (κ2) is 8.61. The fourth-order valence-electron chi connectivity index (χ4n) is 2.99. The largest absolute Gasteiger partial charge is 0.486 e. The second-order valence-electron chi connectivity index (χ2n) is 7.39. The Morgan fingerprint density at radius 3 is 2.23 bits per heavy atom. The van der Waals surface area contributed by atoms with Gasteiger partial charge in [0.2, 0.25) is 5.91 Å². The maximum atomic E-state index is 12.8. The number of ether oxygens (including phenoxy) is 1. The predicted molar refractivity (Wildman–Crippen MR) is 106 cm³/mol. The van der Waals surface area contributed by atoms with E-state index < -0.39 is 17.6 Å². The third kappa shape index (κ3) is 5.20. The van der Waals surface area contributed by atoms with Crippen molar-refractivity contribution in [3.05, 3.63) is 77.6 Å². The molecule has 0 aliphatic carbocycles. The summed E-state index contributed by atoms with van der Waals surface area (Å²) in [6, 6.07) is 13.6. The minimum absolute atomic E-state index is 0.251. The topological polar surface area (TPSA) is 70.1 Å². The Kier molecular flexibility index (Phi) is 6.14. The van der Waals surface area contributed by atoms with Crippen LogP contribution in [0.5, 0.6) is 5.75 Å². The Morgan fingerprint density at radius 1 is 1.10 bits per heavy atom. The summed E-state index contributed by atoms with van der Waals surface area (Å²) in [5.41, 5.74) is 6.30. The second-order valence-corrected chi connectivity index (χ2v) is 7.39. The summed E-state index contributed by atoms with van der Waals surface area (Å²) < 4.78 is 45.6. The van der Waals surface area contributed by atoms with E-state index in [2.05, 4.69) is 18.9 Å². The van der Waals surface area contributed by atoms with E-state index in [0.717, 1.165) is 24.4 Å². The van der Waals surface area contributed by atoms with Crippen molar-refractivity contribution in [3.8, 4) is 11.4 Å². The van der Waals surface area contributed by atoms with Gasteiger partial charge in [0.15, 0.2) is 0 Å². The Hall–Kier alpha value is -3.29. The SMILES string of the molecule is CC(C)CC(Oc1ccc(-n2cc(C(F)(F)F)cn2)cc1)c1ccc(C(N)=O)cc1. The number of alkyl halides is 3. The van der Waals surface area contributed by atoms with Crippen molar-refractivity contribution < 1.29 is 22.7 Å². The van der Waals surface area contributed by atoms with Gasteiger partial charge in [-0.3, -0.25) is 4.79 Å². The highest BCUT2D eigenvalue weighted by molar-refractivity contribution is 5.92. The van der Waals surface area contributed by atoms with Gasteiger partial charge >= 0.3 is 6.18 Å². The Morgan fingerprint density at radius 2 is 1.73 bits per heavy atom. The van der Waals surface area contributed by atoms with Crippen LogP contribution >= 0.6 is 0 Å². The number of hydrogen-bond donors (Lipinski definition) is 1. The Bertz CT molecular complexity index is 994. The molecular formula is C22H22F3N3O2. The quantitative estimate of drug-likeness (QED) is 0.578. The molecule has 0 saturated heterocycles. The number of nitrogens with zero attached hydrogens (tertiary/aromatic N) is 2. The summed E-state index contributed by atoms with van der Waals surface area (Å²) in [5.74, 6) is 0.437. The van der Waals surface area contributed by atoms with Crippen LogP contribution in [0.4, 0.5) is 13.2 Å². The molecular weight excluding hydrogens is 395 g/mol. The molecule has 2 N–H and O–H groups in total. The maximum Gasteiger partial charge on any atom is 0.419 e. The van der Waals surface area contributed by atoms with Crippen LogP contribution in [0.25, 0.3) is 5.69 Å². The first-order valence-corrected chi connectivity index (χ1v) is 9.42. The Balaban J connectivity index is 1.78. The third-order valence-electron chi connectivity index (χ3n) is 4.54. The summed E-state index contributed by atoms with van der Waals surface area (Å²) in [7, 11) is 0. The molecule has 0 radical (unpaired) electrons. The standard InChI is InChI=1S/C22H22F3N3O2/c1-14(2)11-20(15-3-5-16(6-4-15)21(26)29)30-19-9-7-18(8-10-19)28-13-17(12-27-28)22(23,24)25/h3-10,12-14,20H,11H2,1-2H3,(H2,26,29). The van der Waals surface area contributed by atoms with Crippen molar-refractivity contribution in [2.75, 3.05) is 0 Å². The van der Waals surface area contributed by atoms with Gasteiger partial charge in [0.25, 0.3) is 0 Å². The fourth-order valence-corrected chi connectivity index (χ4v) is 2.99. The highest BCUT2D eigenvalue weighted by Gasteiger charge is 2.32. The molecule has 0 aliphatic rings. The number of nitrogens with two attached hydrogens (primary N) is 1. The Labute approximate surface area is 172 Å². The minimum atomic E-state index is -4.44. The van der Waals surface area contributed by atoms with E-state index in [4.69, 9.17) is 10.5 Å². The summed E-state index contributed by atoms with van der Waals surface area (Å²) in [6.45, 7) is 4.15. The van der Waals surface area contributed by atoms with Crippen molar-refractivity contribution in [3.63, 3.8) is 0 Å². The highest BCUT2D eigenvalue weighted by atomic mass is 19.4. The highest BCUT2D eigenvalue weighted by Crippen LogP contribution is 2.31. The summed E-state index contributed by atoms with van der Waals surface area (Å²) in [4.78, 5) is 11.3. The van der Waals surface area contributed by atoms with Gasteiger partial charge in [-0.1, -0.05) is 26.0 Å². The lowest BCUT2D eigenvalue weighted by Crippen LogP contribution is -2.13. The van der Waals surface area contributed by atoms with Crippen LogP contribution in [-0.4, -0.2) is 15.7 Å². The molecule has 2 aromatic carbocycles. The first-order valence-electron chi connectivity index (χ1n) is 9.42. The van der Waals surface area contributed by atoms with E-state index in [1.807, 2.05) is 12.1 Å². The van der Waals surface area contributed by atoms with Crippen molar-refractivity contribution in [2.45, 2.75) is 32.5 Å². The fraction of sp³-hybridized carbons (Fsp3) is 0.273. The van der Waals surface area contributed by atoms with Crippen LogP contribution in [0.15, 0.2) is 60.9 Å². The van der Waals surface area contributed by atoms with Gasteiger partial charge in [-0.05, 0) is 54.3 Å². The molecule has 1 amide bonds. The van der Waals surface area contributed by atoms with Crippen LogP contribution in [0.1, 0.15) is 47.9 Å². The van der Waals surface area contributed by atoms with Gasteiger partial charge in [0, 0.05) is 11.8 Å². The normalized spacial score (nSPS) is 12.7. The molecule has 8 heteroatoms. The van der Waals surface area contributed by atoms with Crippen molar-refractivity contribution in [1.82, 2.24) is 9.78 Å². The zero-order valence-electron chi connectivity index (χ0n) is 16.6. The van der Waals surface area contributed by atoms with E-state index >= 15 is 0 Å². The van der Waals surface area contributed by atoms with Crippen molar-refractivity contribution >= 4 is 5.91 Å². The lowest BCUT2D eigenvalue weighted by Gasteiger charge is -2.22. The molecule has 0 aliphatic heterocycles. The van der Waals surface area contributed by atoms with Crippen molar-refractivity contribution in [1.29, 1.82) is 0 Å². The average molecular weight is 417 g/mol. The van der Waals surface area contributed by atoms with Crippen molar-refractivity contribution in [2.24, 2.45) is 11.7 Å². The van der Waals surface area contributed by atoms with Gasteiger partial charge in [-0.2, -0.15) is 18.3 Å². The third-order valence-corrected chi connectivity index (χ3v) is 4.54. The number of aromatic nitrogens is 2. The van der Waals surface area contributed by atoms with E-state index in [-0.39, 0.29) is 6.10 Å². The van der Waals surface area contributed by atoms with Crippen LogP contribution in [-0.2, 0) is 6.18 Å². The van der Waals surface area contributed by atoms with Gasteiger partial charge in [0.05, 0.1) is 17.4 Å². The molecule has 0 spiro atoms. The molecule has 158 valence electrons. The number of carbonyl (C=O) groups excluding carboxylic acids is 1. The lowest BCUT2D eigenvalue weighted by molar-refractivity contribution is -0.137. The number of carbonyl (C=O) groups is 1. The summed E-state index contributed by atoms with van der Waals surface area (Å²) in [6.07, 6.45) is -2.21. The molecule has 3 rings (SSSR count). The summed E-state index contributed by atoms with van der Waals surface area (Å²) >= 11 is 0. The first-order chi connectivity index (χ1) is 14.1. The molecule has 1 unspecified atom stereocenters. The molecule has 0 bridgehead atoms. The number of hydrogen-bond acceptors (Lipinski definition) is 3. The average Bonchev–Trinajstić information content (AvgIpc) is 3.18. The van der Waals surface area contributed by atoms with E-state index in [1.54, 1.807) is 36.4 Å². The summed E-state index contributed by atoms with van der Waals surface area (Å²) in [5, 5.41) is 3.77. The van der Waals surface area contributed by atoms with Crippen LogP contribution in [0, 0.1) is 5.92 Å². The van der Waals surface area contributed by atoms with Crippen LogP contribution < -0.4 is 10.5 Å². The van der Waals surface area contributed by atoms with E-state index in [9.17, 15) is 18.0 Å². The number of halogens is 3. The lowest BCUT2D eigenvalue weighted by atomic mass is 9.98. The van der Waals surface area contributed by atoms with Gasteiger partial charge in [-0.25, -0.2) is 4.68 Å². The zero-order valence-corrected chi connectivity index (χ0v) is 16.6. The monoisotopic (exact) mass is 417 g/mol. The molecule has 0 fully saturated rings. The smallest absolute Gasteiger partial charge is 0.419 e. The molecule has 3 aromatic rings. The molecule has 1 heterocycles. The molecule has 1 atom stereocenters. The van der Waals surface area contributed by atoms with E-state index in [1.165, 1.54) is 4.68 Å². The molecule has 5 nitrogen and oxygen atoms in total. The predicted octanol–water partition coefficient (Wildman–Crippen LogP) is 5.16. The van der Waals surface area contributed by atoms with Crippen LogP contribution in [0.2, 0.25) is 0 Å². The first kappa shape index (κ1) is 21.4. The molecule has 30 heavy (non-hydrogen) atoms. The number of primary amides is 1. The van der Waals surface area contributed by atoms with Crippen LogP contribution in [0.3, 0.4) is 0 Å².